The van der Waals surface area contributed by atoms with Gasteiger partial charge in [-0.25, -0.2) is 0 Å². The molecule has 0 amide bonds. The van der Waals surface area contributed by atoms with Crippen LogP contribution in [0.3, 0.4) is 0 Å². The van der Waals surface area contributed by atoms with Crippen molar-refractivity contribution < 1.29 is 14.2 Å². The maximum absolute atomic E-state index is 5.39. The summed E-state index contributed by atoms with van der Waals surface area (Å²) < 4.78 is 12.6. The van der Waals surface area contributed by atoms with Gasteiger partial charge >= 0.3 is 0 Å². The molecule has 4 aromatic carbocycles. The third kappa shape index (κ3) is 10.6. The highest BCUT2D eigenvalue weighted by molar-refractivity contribution is 6.05. The third-order valence-electron chi connectivity index (χ3n) is 7.78. The number of allylic oxidation sites excluding steroid dienone is 5. The molecule has 252 valence electrons. The second-order valence-electron chi connectivity index (χ2n) is 11.6. The number of hydrazone groups is 2. The van der Waals surface area contributed by atoms with Crippen LogP contribution in [0, 0.1) is 0 Å². The number of anilines is 2. The van der Waals surface area contributed by atoms with Gasteiger partial charge in [0, 0.05) is 58.3 Å². The Kier molecular flexibility index (Phi) is 13.1. The van der Waals surface area contributed by atoms with Crippen LogP contribution < -0.4 is 19.3 Å². The van der Waals surface area contributed by atoms with E-state index in [1.807, 2.05) is 143 Å². The minimum Gasteiger partial charge on any atom is -0.497 e. The first-order chi connectivity index (χ1) is 23.7. The molecule has 0 N–H and O–H groups in total. The van der Waals surface area contributed by atoms with Crippen LogP contribution >= 0.6 is 0 Å². The lowest BCUT2D eigenvalue weighted by molar-refractivity contribution is -0.500. The molecule has 0 bridgehead atoms. The third-order valence-corrected chi connectivity index (χ3v) is 7.78. The smallest absolute Gasteiger partial charge is 0.238 e. The molecule has 0 aromatic heterocycles. The lowest BCUT2D eigenvalue weighted by atomic mass is 10.1. The number of ether oxygens (including phenoxy) is 2. The lowest BCUT2D eigenvalue weighted by Crippen LogP contribution is -2.12. The minimum absolute atomic E-state index is 0.799. The van der Waals surface area contributed by atoms with Crippen LogP contribution in [-0.2, 0) is 0 Å². The Labute approximate surface area is 291 Å². The van der Waals surface area contributed by atoms with Gasteiger partial charge in [-0.1, -0.05) is 47.2 Å². The van der Waals surface area contributed by atoms with Crippen molar-refractivity contribution >= 4 is 35.2 Å². The zero-order chi connectivity index (χ0) is 35.2. The molecule has 4 aromatic rings. The Hall–Kier alpha value is -5.89. The molecule has 0 heterocycles. The predicted molar refractivity (Wildman–Crippen MR) is 207 cm³/mol. The maximum atomic E-state index is 5.39. The first kappa shape index (κ1) is 36.0. The maximum Gasteiger partial charge on any atom is 0.238 e. The summed E-state index contributed by atoms with van der Waals surface area (Å²) in [5, 5.41) is 11.4. The van der Waals surface area contributed by atoms with Crippen LogP contribution in [0.4, 0.5) is 11.4 Å². The summed E-state index contributed by atoms with van der Waals surface area (Å²) in [6.07, 6.45) is 13.8. The van der Waals surface area contributed by atoms with Crippen LogP contribution in [0.5, 0.6) is 11.5 Å². The molecule has 0 aliphatic heterocycles. The molecule has 0 fully saturated rings. The fraction of sp³-hybridized carbons (Fsp3) is 0.195. The van der Waals surface area contributed by atoms with Gasteiger partial charge in [-0.3, -0.25) is 5.01 Å². The van der Waals surface area contributed by atoms with E-state index in [2.05, 4.69) is 58.3 Å². The van der Waals surface area contributed by atoms with E-state index in [4.69, 9.17) is 19.7 Å². The van der Waals surface area contributed by atoms with Gasteiger partial charge in [-0.2, -0.15) is 5.10 Å². The van der Waals surface area contributed by atoms with Crippen LogP contribution in [0.25, 0.3) is 5.70 Å². The average molecular weight is 656 g/mol. The van der Waals surface area contributed by atoms with Crippen molar-refractivity contribution in [3.63, 3.8) is 0 Å². The van der Waals surface area contributed by atoms with Crippen molar-refractivity contribution in [3.8, 4) is 11.5 Å². The Morgan fingerprint density at radius 2 is 1.08 bits per heavy atom. The molecule has 4 rings (SSSR count). The van der Waals surface area contributed by atoms with E-state index in [1.54, 1.807) is 14.2 Å². The molecular weight excluding hydrogens is 608 g/mol. The molecule has 8 nitrogen and oxygen atoms in total. The quantitative estimate of drug-likeness (QED) is 0.0613. The van der Waals surface area contributed by atoms with Gasteiger partial charge in [-0.05, 0) is 101 Å². The summed E-state index contributed by atoms with van der Waals surface area (Å²) in [5.74, 6) is 1.60. The highest BCUT2D eigenvalue weighted by Gasteiger charge is 2.11. The lowest BCUT2D eigenvalue weighted by Gasteiger charge is -2.18. The summed E-state index contributed by atoms with van der Waals surface area (Å²) in [7, 11) is 15.3. The van der Waals surface area contributed by atoms with E-state index < -0.39 is 0 Å². The Balaban J connectivity index is 1.61. The van der Waals surface area contributed by atoms with Crippen molar-refractivity contribution in [3.05, 3.63) is 150 Å². The summed E-state index contributed by atoms with van der Waals surface area (Å²) in [4.78, 5) is 4.15. The van der Waals surface area contributed by atoms with E-state index >= 15 is 0 Å². The zero-order valence-electron chi connectivity index (χ0n) is 29.8. The second-order valence-corrected chi connectivity index (χ2v) is 11.6. The van der Waals surface area contributed by atoms with E-state index in [-0.39, 0.29) is 0 Å². The van der Waals surface area contributed by atoms with Crippen LogP contribution in [0.2, 0.25) is 0 Å². The fourth-order valence-electron chi connectivity index (χ4n) is 4.81. The van der Waals surface area contributed by atoms with E-state index in [1.165, 1.54) is 0 Å². The first-order valence-electron chi connectivity index (χ1n) is 16.0. The number of nitrogens with zero attached hydrogens (tertiary/aromatic N) is 6. The summed E-state index contributed by atoms with van der Waals surface area (Å²) >= 11 is 0. The number of benzene rings is 4. The summed E-state index contributed by atoms with van der Waals surface area (Å²) in [6.45, 7) is 0. The molecule has 0 saturated carbocycles. The molecule has 8 heteroatoms. The molecule has 0 spiro atoms. The zero-order valence-corrected chi connectivity index (χ0v) is 29.8. The Morgan fingerprint density at radius 3 is 1.57 bits per heavy atom. The van der Waals surface area contributed by atoms with Crippen molar-refractivity contribution in [1.29, 1.82) is 0 Å². The number of hydrogen-bond donors (Lipinski definition) is 0. The van der Waals surface area contributed by atoms with Crippen molar-refractivity contribution in [1.82, 2.24) is 5.01 Å². The monoisotopic (exact) mass is 655 g/mol. The van der Waals surface area contributed by atoms with Gasteiger partial charge < -0.3 is 19.3 Å². The van der Waals surface area contributed by atoms with Crippen molar-refractivity contribution in [2.24, 2.45) is 10.2 Å². The van der Waals surface area contributed by atoms with Crippen molar-refractivity contribution in [2.45, 2.75) is 0 Å². The SMILES string of the molecule is COc1ccc(C(=CC=CC=CC(c2ccc(OC)cc2)=[N+](C)N=Cc2ccc(N(C)C)cc2)N(C)N=Cc2ccc(N(C)C)cc2)cc1. The predicted octanol–water partition coefficient (Wildman–Crippen LogP) is 7.42. The normalized spacial score (nSPS) is 12.6. The molecule has 0 aliphatic rings. The molecule has 0 radical (unpaired) electrons. The highest BCUT2D eigenvalue weighted by atomic mass is 16.5. The van der Waals surface area contributed by atoms with Gasteiger partial charge in [0.2, 0.25) is 5.71 Å². The van der Waals surface area contributed by atoms with Crippen LogP contribution in [0.15, 0.2) is 138 Å². The largest absolute Gasteiger partial charge is 0.497 e. The summed E-state index contributed by atoms with van der Waals surface area (Å²) in [5.41, 5.74) is 8.19. The van der Waals surface area contributed by atoms with Gasteiger partial charge in [0.15, 0.2) is 7.05 Å². The summed E-state index contributed by atoms with van der Waals surface area (Å²) in [6, 6.07) is 32.5. The Morgan fingerprint density at radius 1 is 0.592 bits per heavy atom. The molecule has 0 aliphatic carbocycles. The average Bonchev–Trinajstić information content (AvgIpc) is 3.13. The fourth-order valence-corrected chi connectivity index (χ4v) is 4.81. The molecule has 0 saturated heterocycles. The van der Waals surface area contributed by atoms with Crippen LogP contribution in [0.1, 0.15) is 22.3 Å². The van der Waals surface area contributed by atoms with Gasteiger partial charge in [0.1, 0.15) is 17.7 Å². The first-order valence-corrected chi connectivity index (χ1v) is 16.0. The van der Waals surface area contributed by atoms with Gasteiger partial charge in [0.25, 0.3) is 0 Å². The molecule has 0 atom stereocenters. The van der Waals surface area contributed by atoms with E-state index in [0.717, 1.165) is 56.5 Å². The van der Waals surface area contributed by atoms with Crippen molar-refractivity contribution in [2.75, 3.05) is 66.3 Å². The number of rotatable bonds is 14. The van der Waals surface area contributed by atoms with Gasteiger partial charge in [-0.15, -0.1) is 0 Å². The van der Waals surface area contributed by atoms with E-state index in [9.17, 15) is 0 Å². The Bertz CT molecular complexity index is 1820. The molecule has 0 unspecified atom stereocenters. The topological polar surface area (TPSA) is 55.9 Å². The van der Waals surface area contributed by atoms with Gasteiger partial charge in [0.05, 0.1) is 26.1 Å². The van der Waals surface area contributed by atoms with Crippen LogP contribution in [-0.4, -0.2) is 84.3 Å². The molecular formula is C41H47N6O2+. The second kappa shape index (κ2) is 17.9. The standard InChI is InChI=1S/C41H47N6O2/c1-44(2)36-22-14-32(15-23-36)30-42-46(5)40(34-18-26-38(48-7)27-19-34)12-10-9-11-13-41(35-20-28-39(49-8)29-21-35)47(6)43-31-33-16-24-37(25-17-33)45(3)4/h9-31H,1-8H3/q+1. The van der Waals surface area contributed by atoms with E-state index in [0.29, 0.717) is 0 Å². The molecule has 49 heavy (non-hydrogen) atoms. The highest BCUT2D eigenvalue weighted by Crippen LogP contribution is 2.22. The minimum atomic E-state index is 0.799. The number of methoxy groups -OCH3 is 2. The number of hydrogen-bond acceptors (Lipinski definition) is 7.